The summed E-state index contributed by atoms with van der Waals surface area (Å²) in [4.78, 5) is 27.2. The number of carbonyl (C=O) groups excluding carboxylic acids is 2. The molecule has 0 radical (unpaired) electrons. The third kappa shape index (κ3) is 6.55. The maximum atomic E-state index is 13.1. The Bertz CT molecular complexity index is 933. The summed E-state index contributed by atoms with van der Waals surface area (Å²) in [6.07, 6.45) is 0.108. The van der Waals surface area contributed by atoms with Crippen molar-refractivity contribution in [3.05, 3.63) is 71.3 Å². The van der Waals surface area contributed by atoms with Crippen LogP contribution in [0, 0.1) is 0 Å². The highest BCUT2D eigenvalue weighted by molar-refractivity contribution is 5.96. The smallest absolute Gasteiger partial charge is 0.410 e. The van der Waals surface area contributed by atoms with Crippen LogP contribution in [-0.4, -0.2) is 58.5 Å². The minimum absolute atomic E-state index is 0.122. The average molecular weight is 455 g/mol. The number of carbonyl (C=O) groups is 2. The Balaban J connectivity index is 1.68. The molecular formula is C26H34N2O5. The van der Waals surface area contributed by atoms with Crippen LogP contribution in [0.15, 0.2) is 54.6 Å². The Hall–Kier alpha value is -2.90. The second-order valence-corrected chi connectivity index (χ2v) is 9.45. The number of piperidine rings is 1. The first-order valence-corrected chi connectivity index (χ1v) is 11.4. The third-order valence-electron chi connectivity index (χ3n) is 5.83. The van der Waals surface area contributed by atoms with E-state index in [1.54, 1.807) is 41.3 Å². The normalized spacial score (nSPS) is 16.7. The van der Waals surface area contributed by atoms with Crippen LogP contribution in [0.5, 0.6) is 0 Å². The van der Waals surface area contributed by atoms with Gasteiger partial charge in [-0.2, -0.15) is 0 Å². The van der Waals surface area contributed by atoms with Gasteiger partial charge in [-0.05, 0) is 56.7 Å². The van der Waals surface area contributed by atoms with Crippen molar-refractivity contribution >= 4 is 12.0 Å². The van der Waals surface area contributed by atoms with Gasteiger partial charge in [0.15, 0.2) is 0 Å². The van der Waals surface area contributed by atoms with Gasteiger partial charge in [-0.1, -0.05) is 48.5 Å². The fraction of sp³-hybridized carbons (Fsp3) is 0.462. The maximum absolute atomic E-state index is 13.1. The lowest BCUT2D eigenvalue weighted by Crippen LogP contribution is -2.43. The van der Waals surface area contributed by atoms with Crippen LogP contribution in [0.2, 0.25) is 0 Å². The highest BCUT2D eigenvalue weighted by Crippen LogP contribution is 2.31. The molecule has 33 heavy (non-hydrogen) atoms. The summed E-state index contributed by atoms with van der Waals surface area (Å²) in [6, 6.07) is 15.5. The monoisotopic (exact) mass is 454 g/mol. The quantitative estimate of drug-likeness (QED) is 0.619. The number of rotatable bonds is 6. The van der Waals surface area contributed by atoms with Crippen molar-refractivity contribution in [3.8, 4) is 0 Å². The first kappa shape index (κ1) is 24.7. The zero-order valence-electron chi connectivity index (χ0n) is 19.5. The molecule has 3 N–H and O–H groups in total. The molecule has 0 bridgehead atoms. The lowest BCUT2D eigenvalue weighted by atomic mass is 9.86. The van der Waals surface area contributed by atoms with Gasteiger partial charge in [0, 0.05) is 18.7 Å². The molecular weight excluding hydrogens is 420 g/mol. The third-order valence-corrected chi connectivity index (χ3v) is 5.83. The van der Waals surface area contributed by atoms with Crippen LogP contribution in [-0.2, 0) is 4.74 Å². The Labute approximate surface area is 195 Å². The lowest BCUT2D eigenvalue weighted by Gasteiger charge is -2.34. The van der Waals surface area contributed by atoms with E-state index in [2.05, 4.69) is 5.32 Å². The van der Waals surface area contributed by atoms with Gasteiger partial charge >= 0.3 is 6.09 Å². The highest BCUT2D eigenvalue weighted by Gasteiger charge is 2.30. The van der Waals surface area contributed by atoms with Crippen LogP contribution in [0.3, 0.4) is 0 Å². The number of likely N-dealkylation sites (tertiary alicyclic amines) is 1. The standard InChI is InChI=1S/C26H34N2O5/c1-26(2,3)33-25(32)28-15-13-18(14-16-28)20-11-7-8-12-21(20)24(31)27-22(17-29)23(30)19-9-5-4-6-10-19/h4-12,18,22-23,29-30H,13-17H2,1-3H3,(H,27,31)/t22-,23-/m0/s1. The summed E-state index contributed by atoms with van der Waals surface area (Å²) in [6.45, 7) is 6.27. The topological polar surface area (TPSA) is 99.1 Å². The number of aliphatic hydroxyl groups excluding tert-OH is 2. The van der Waals surface area contributed by atoms with E-state index >= 15 is 0 Å². The van der Waals surface area contributed by atoms with Crippen LogP contribution >= 0.6 is 0 Å². The zero-order valence-corrected chi connectivity index (χ0v) is 19.5. The van der Waals surface area contributed by atoms with Crippen LogP contribution < -0.4 is 5.32 Å². The summed E-state index contributed by atoms with van der Waals surface area (Å²) in [5, 5.41) is 23.2. The number of ether oxygens (including phenoxy) is 1. The number of amides is 2. The Morgan fingerprint density at radius 2 is 1.67 bits per heavy atom. The SMILES string of the molecule is CC(C)(C)OC(=O)N1CCC(c2ccccc2C(=O)N[C@@H](CO)[C@@H](O)c2ccccc2)CC1. The molecule has 3 rings (SSSR count). The molecule has 7 heteroatoms. The van der Waals surface area contributed by atoms with Gasteiger partial charge in [-0.25, -0.2) is 4.79 Å². The molecule has 0 saturated carbocycles. The van der Waals surface area contributed by atoms with E-state index in [-0.39, 0.29) is 17.9 Å². The van der Waals surface area contributed by atoms with Gasteiger partial charge < -0.3 is 25.2 Å². The molecule has 0 aromatic heterocycles. The number of benzene rings is 2. The summed E-state index contributed by atoms with van der Waals surface area (Å²) >= 11 is 0. The number of hydrogen-bond donors (Lipinski definition) is 3. The fourth-order valence-corrected chi connectivity index (χ4v) is 4.11. The van der Waals surface area contributed by atoms with Gasteiger partial charge in [-0.3, -0.25) is 4.79 Å². The summed E-state index contributed by atoms with van der Waals surface area (Å²) < 4.78 is 5.47. The minimum atomic E-state index is -1.02. The van der Waals surface area contributed by atoms with Crippen molar-refractivity contribution in [1.82, 2.24) is 10.2 Å². The number of nitrogens with one attached hydrogen (secondary N) is 1. The van der Waals surface area contributed by atoms with Crippen LogP contribution in [0.1, 0.15) is 67.1 Å². The predicted molar refractivity (Wildman–Crippen MR) is 126 cm³/mol. The van der Waals surface area contributed by atoms with E-state index in [1.807, 2.05) is 39.0 Å². The van der Waals surface area contributed by atoms with Gasteiger partial charge in [-0.15, -0.1) is 0 Å². The summed E-state index contributed by atoms with van der Waals surface area (Å²) in [5.41, 5.74) is 1.52. The molecule has 178 valence electrons. The van der Waals surface area contributed by atoms with E-state index in [9.17, 15) is 19.8 Å². The second kappa shape index (κ2) is 10.8. The van der Waals surface area contributed by atoms with Crippen molar-refractivity contribution in [2.75, 3.05) is 19.7 Å². The number of hydrogen-bond acceptors (Lipinski definition) is 5. The predicted octanol–water partition coefficient (Wildman–Crippen LogP) is 3.63. The minimum Gasteiger partial charge on any atom is -0.444 e. The highest BCUT2D eigenvalue weighted by atomic mass is 16.6. The molecule has 0 aliphatic carbocycles. The van der Waals surface area contributed by atoms with E-state index < -0.39 is 24.4 Å². The first-order chi connectivity index (χ1) is 15.7. The number of aliphatic hydroxyl groups is 2. The summed E-state index contributed by atoms with van der Waals surface area (Å²) in [7, 11) is 0. The van der Waals surface area contributed by atoms with E-state index in [4.69, 9.17) is 4.74 Å². The average Bonchev–Trinajstić information content (AvgIpc) is 2.81. The van der Waals surface area contributed by atoms with E-state index in [1.165, 1.54) is 0 Å². The summed E-state index contributed by atoms with van der Waals surface area (Å²) in [5.74, 6) is -0.216. The molecule has 2 atom stereocenters. The maximum Gasteiger partial charge on any atom is 0.410 e. The molecule has 1 fully saturated rings. The Morgan fingerprint density at radius 1 is 1.06 bits per heavy atom. The van der Waals surface area contributed by atoms with Crippen LogP contribution in [0.4, 0.5) is 4.79 Å². The molecule has 1 aliphatic rings. The van der Waals surface area contributed by atoms with Crippen molar-refractivity contribution in [2.45, 2.75) is 57.3 Å². The molecule has 7 nitrogen and oxygen atoms in total. The first-order valence-electron chi connectivity index (χ1n) is 11.4. The molecule has 0 unspecified atom stereocenters. The molecule has 2 aromatic carbocycles. The lowest BCUT2D eigenvalue weighted by molar-refractivity contribution is 0.0204. The fourth-order valence-electron chi connectivity index (χ4n) is 4.11. The zero-order chi connectivity index (χ0) is 24.0. The molecule has 1 aliphatic heterocycles. The largest absolute Gasteiger partial charge is 0.444 e. The Morgan fingerprint density at radius 3 is 2.27 bits per heavy atom. The molecule has 0 spiro atoms. The molecule has 1 saturated heterocycles. The van der Waals surface area contributed by atoms with E-state index in [0.29, 0.717) is 24.2 Å². The van der Waals surface area contributed by atoms with Crippen molar-refractivity contribution in [1.29, 1.82) is 0 Å². The molecule has 2 amide bonds. The van der Waals surface area contributed by atoms with Gasteiger partial charge in [0.1, 0.15) is 11.7 Å². The van der Waals surface area contributed by atoms with Gasteiger partial charge in [0.2, 0.25) is 0 Å². The molecule has 2 aromatic rings. The van der Waals surface area contributed by atoms with Gasteiger partial charge in [0.05, 0.1) is 12.6 Å². The second-order valence-electron chi connectivity index (χ2n) is 9.45. The van der Waals surface area contributed by atoms with Crippen LogP contribution in [0.25, 0.3) is 0 Å². The van der Waals surface area contributed by atoms with Gasteiger partial charge in [0.25, 0.3) is 5.91 Å². The van der Waals surface area contributed by atoms with Crippen molar-refractivity contribution < 1.29 is 24.5 Å². The molecule has 1 heterocycles. The van der Waals surface area contributed by atoms with Crippen molar-refractivity contribution in [3.63, 3.8) is 0 Å². The van der Waals surface area contributed by atoms with Crippen molar-refractivity contribution in [2.24, 2.45) is 0 Å². The number of nitrogens with zero attached hydrogens (tertiary/aromatic N) is 1. The Kier molecular flexibility index (Phi) is 8.10. The van der Waals surface area contributed by atoms with E-state index in [0.717, 1.165) is 18.4 Å².